The zero-order chi connectivity index (χ0) is 12.3. The molecule has 0 spiro atoms. The Morgan fingerprint density at radius 2 is 2.29 bits per heavy atom. The van der Waals surface area contributed by atoms with Crippen molar-refractivity contribution in [2.75, 3.05) is 13.7 Å². The molecule has 0 aliphatic heterocycles. The van der Waals surface area contributed by atoms with Gasteiger partial charge in [-0.25, -0.2) is 4.98 Å². The Morgan fingerprint density at radius 1 is 1.47 bits per heavy atom. The largest absolute Gasteiger partial charge is 0.495 e. The lowest BCUT2D eigenvalue weighted by Gasteiger charge is -2.12. The van der Waals surface area contributed by atoms with Gasteiger partial charge in [0.05, 0.1) is 12.8 Å². The SMILES string of the molecule is COc1ccc(Cl)cc1-n1ccnc1CCN. The molecule has 2 N–H and O–H groups in total. The Balaban J connectivity index is 2.51. The summed E-state index contributed by atoms with van der Waals surface area (Å²) in [6.07, 6.45) is 4.33. The van der Waals surface area contributed by atoms with Gasteiger partial charge < -0.3 is 15.0 Å². The van der Waals surface area contributed by atoms with Crippen LogP contribution in [0.25, 0.3) is 5.69 Å². The first-order chi connectivity index (χ1) is 8.26. The maximum atomic E-state index is 6.01. The van der Waals surface area contributed by atoms with Crippen molar-refractivity contribution in [3.63, 3.8) is 0 Å². The fourth-order valence-corrected chi connectivity index (χ4v) is 1.89. The smallest absolute Gasteiger partial charge is 0.142 e. The van der Waals surface area contributed by atoms with E-state index in [1.165, 1.54) is 0 Å². The van der Waals surface area contributed by atoms with Gasteiger partial charge >= 0.3 is 0 Å². The summed E-state index contributed by atoms with van der Waals surface area (Å²) < 4.78 is 7.26. The van der Waals surface area contributed by atoms with Crippen LogP contribution >= 0.6 is 11.6 Å². The van der Waals surface area contributed by atoms with Gasteiger partial charge in [-0.15, -0.1) is 0 Å². The molecule has 5 heteroatoms. The van der Waals surface area contributed by atoms with E-state index >= 15 is 0 Å². The van der Waals surface area contributed by atoms with Crippen molar-refractivity contribution >= 4 is 11.6 Å². The van der Waals surface area contributed by atoms with E-state index in [0.717, 1.165) is 17.3 Å². The number of hydrogen-bond donors (Lipinski definition) is 1. The molecule has 1 heterocycles. The van der Waals surface area contributed by atoms with E-state index in [0.29, 0.717) is 18.0 Å². The van der Waals surface area contributed by atoms with Gasteiger partial charge in [0.25, 0.3) is 0 Å². The van der Waals surface area contributed by atoms with Crippen molar-refractivity contribution in [2.45, 2.75) is 6.42 Å². The summed E-state index contributed by atoms with van der Waals surface area (Å²) in [6, 6.07) is 5.48. The molecule has 17 heavy (non-hydrogen) atoms. The van der Waals surface area contributed by atoms with Crippen LogP contribution in [0.5, 0.6) is 5.75 Å². The van der Waals surface area contributed by atoms with Crippen molar-refractivity contribution in [3.05, 3.63) is 41.4 Å². The van der Waals surface area contributed by atoms with E-state index < -0.39 is 0 Å². The summed E-state index contributed by atoms with van der Waals surface area (Å²) in [6.45, 7) is 0.555. The zero-order valence-electron chi connectivity index (χ0n) is 9.56. The van der Waals surface area contributed by atoms with E-state index in [2.05, 4.69) is 4.98 Å². The molecule has 2 rings (SSSR count). The summed E-state index contributed by atoms with van der Waals surface area (Å²) in [5.74, 6) is 1.65. The minimum absolute atomic E-state index is 0.555. The van der Waals surface area contributed by atoms with Gasteiger partial charge in [0.2, 0.25) is 0 Å². The number of nitrogens with two attached hydrogens (primary N) is 1. The van der Waals surface area contributed by atoms with Gasteiger partial charge in [-0.05, 0) is 24.7 Å². The van der Waals surface area contributed by atoms with Crippen LogP contribution in [0.3, 0.4) is 0 Å². The van der Waals surface area contributed by atoms with Crippen molar-refractivity contribution in [2.24, 2.45) is 5.73 Å². The summed E-state index contributed by atoms with van der Waals surface area (Å²) in [4.78, 5) is 4.27. The van der Waals surface area contributed by atoms with E-state index in [9.17, 15) is 0 Å². The van der Waals surface area contributed by atoms with Crippen LogP contribution < -0.4 is 10.5 Å². The topological polar surface area (TPSA) is 53.1 Å². The van der Waals surface area contributed by atoms with Crippen molar-refractivity contribution in [1.82, 2.24) is 9.55 Å². The van der Waals surface area contributed by atoms with E-state index in [-0.39, 0.29) is 0 Å². The number of imidazole rings is 1. The second kappa shape index (κ2) is 5.21. The van der Waals surface area contributed by atoms with Gasteiger partial charge in [0, 0.05) is 23.8 Å². The summed E-state index contributed by atoms with van der Waals surface area (Å²) in [7, 11) is 1.63. The summed E-state index contributed by atoms with van der Waals surface area (Å²) in [5.41, 5.74) is 6.43. The maximum Gasteiger partial charge on any atom is 0.142 e. The molecule has 0 aliphatic rings. The predicted molar refractivity (Wildman–Crippen MR) is 67.9 cm³/mol. The molecule has 0 bridgehead atoms. The van der Waals surface area contributed by atoms with Crippen LogP contribution in [-0.4, -0.2) is 23.2 Å². The first kappa shape index (κ1) is 12.0. The molecule has 0 unspecified atom stereocenters. The Bertz CT molecular complexity index is 510. The lowest BCUT2D eigenvalue weighted by molar-refractivity contribution is 0.412. The second-order valence-electron chi connectivity index (χ2n) is 3.57. The first-order valence-corrected chi connectivity index (χ1v) is 5.70. The maximum absolute atomic E-state index is 6.01. The normalized spacial score (nSPS) is 10.5. The van der Waals surface area contributed by atoms with Gasteiger partial charge in [0.15, 0.2) is 0 Å². The fourth-order valence-electron chi connectivity index (χ4n) is 1.72. The predicted octanol–water partition coefficient (Wildman–Crippen LogP) is 2.04. The highest BCUT2D eigenvalue weighted by Gasteiger charge is 2.10. The first-order valence-electron chi connectivity index (χ1n) is 5.32. The number of nitrogens with zero attached hydrogens (tertiary/aromatic N) is 2. The van der Waals surface area contributed by atoms with Crippen LogP contribution in [0, 0.1) is 0 Å². The molecule has 0 saturated heterocycles. The average molecular weight is 252 g/mol. The number of rotatable bonds is 4. The number of methoxy groups -OCH3 is 1. The molecule has 0 radical (unpaired) electrons. The third-order valence-corrected chi connectivity index (χ3v) is 2.72. The molecular weight excluding hydrogens is 238 g/mol. The monoisotopic (exact) mass is 251 g/mol. The number of hydrogen-bond acceptors (Lipinski definition) is 3. The molecule has 90 valence electrons. The molecule has 1 aromatic heterocycles. The van der Waals surface area contributed by atoms with E-state index in [1.54, 1.807) is 19.4 Å². The summed E-state index contributed by atoms with van der Waals surface area (Å²) >= 11 is 6.01. The van der Waals surface area contributed by atoms with Crippen LogP contribution in [0.2, 0.25) is 5.02 Å². The highest BCUT2D eigenvalue weighted by molar-refractivity contribution is 6.30. The number of benzene rings is 1. The molecule has 4 nitrogen and oxygen atoms in total. The minimum Gasteiger partial charge on any atom is -0.495 e. The molecule has 2 aromatic rings. The zero-order valence-corrected chi connectivity index (χ0v) is 10.3. The van der Waals surface area contributed by atoms with E-state index in [1.807, 2.05) is 22.9 Å². The fraction of sp³-hybridized carbons (Fsp3) is 0.250. The Hall–Kier alpha value is -1.52. The van der Waals surface area contributed by atoms with Crippen LogP contribution in [0.15, 0.2) is 30.6 Å². The number of aromatic nitrogens is 2. The average Bonchev–Trinajstić information content (AvgIpc) is 2.77. The molecule has 0 atom stereocenters. The van der Waals surface area contributed by atoms with Gasteiger partial charge in [-0.1, -0.05) is 11.6 Å². The Kier molecular flexibility index (Phi) is 3.66. The standard InChI is InChI=1S/C12H14ClN3O/c1-17-11-3-2-9(13)8-10(11)16-7-6-15-12(16)4-5-14/h2-3,6-8H,4-5,14H2,1H3. The third kappa shape index (κ3) is 2.43. The van der Waals surface area contributed by atoms with Crippen LogP contribution in [0.4, 0.5) is 0 Å². The van der Waals surface area contributed by atoms with Gasteiger partial charge in [-0.2, -0.15) is 0 Å². The molecule has 1 aromatic carbocycles. The van der Waals surface area contributed by atoms with Crippen molar-refractivity contribution in [1.29, 1.82) is 0 Å². The third-order valence-electron chi connectivity index (χ3n) is 2.49. The van der Waals surface area contributed by atoms with Crippen LogP contribution in [0.1, 0.15) is 5.82 Å². The number of ether oxygens (including phenoxy) is 1. The molecular formula is C12H14ClN3O. The molecule has 0 fully saturated rings. The summed E-state index contributed by atoms with van der Waals surface area (Å²) in [5, 5.41) is 0.660. The van der Waals surface area contributed by atoms with Gasteiger partial charge in [-0.3, -0.25) is 0 Å². The minimum atomic E-state index is 0.555. The lowest BCUT2D eigenvalue weighted by atomic mass is 10.2. The van der Waals surface area contributed by atoms with Crippen LogP contribution in [-0.2, 0) is 6.42 Å². The highest BCUT2D eigenvalue weighted by atomic mass is 35.5. The Labute approximate surface area is 105 Å². The quantitative estimate of drug-likeness (QED) is 0.905. The van der Waals surface area contributed by atoms with E-state index in [4.69, 9.17) is 22.1 Å². The van der Waals surface area contributed by atoms with Gasteiger partial charge in [0.1, 0.15) is 11.6 Å². The molecule has 0 saturated carbocycles. The van der Waals surface area contributed by atoms with Crippen molar-refractivity contribution in [3.8, 4) is 11.4 Å². The molecule has 0 amide bonds. The number of halogens is 1. The van der Waals surface area contributed by atoms with Crippen molar-refractivity contribution < 1.29 is 4.74 Å². The Morgan fingerprint density at radius 3 is 3.00 bits per heavy atom. The molecule has 0 aliphatic carbocycles. The highest BCUT2D eigenvalue weighted by Crippen LogP contribution is 2.27. The lowest BCUT2D eigenvalue weighted by Crippen LogP contribution is -2.09. The second-order valence-corrected chi connectivity index (χ2v) is 4.00.